The van der Waals surface area contributed by atoms with E-state index in [2.05, 4.69) is 10.2 Å². The van der Waals surface area contributed by atoms with Crippen LogP contribution in [0.2, 0.25) is 10.0 Å². The molecule has 3 nitrogen and oxygen atoms in total. The number of hydrogen-bond donors (Lipinski definition) is 1. The van der Waals surface area contributed by atoms with Crippen LogP contribution in [0.25, 0.3) is 0 Å². The van der Waals surface area contributed by atoms with Gasteiger partial charge in [0.1, 0.15) is 0 Å². The van der Waals surface area contributed by atoms with E-state index in [1.165, 1.54) is 25.9 Å². The summed E-state index contributed by atoms with van der Waals surface area (Å²) in [6.07, 6.45) is 4.77. The zero-order valence-corrected chi connectivity index (χ0v) is 14.2. The van der Waals surface area contributed by atoms with E-state index in [4.69, 9.17) is 23.2 Å². The summed E-state index contributed by atoms with van der Waals surface area (Å²) < 4.78 is 0. The Labute approximate surface area is 142 Å². The van der Waals surface area contributed by atoms with Crippen molar-refractivity contribution in [1.82, 2.24) is 10.2 Å². The minimum absolute atomic E-state index is 0. The molecule has 2 rings (SSSR count). The van der Waals surface area contributed by atoms with Gasteiger partial charge in [-0.25, -0.2) is 0 Å². The number of nitrogens with zero attached hydrogens (tertiary/aromatic N) is 1. The van der Waals surface area contributed by atoms with Crippen molar-refractivity contribution < 1.29 is 4.79 Å². The number of benzene rings is 1. The highest BCUT2D eigenvalue weighted by molar-refractivity contribution is 6.35. The molecule has 1 heterocycles. The van der Waals surface area contributed by atoms with Gasteiger partial charge >= 0.3 is 0 Å². The molecule has 1 aromatic carbocycles. The number of halogens is 3. The van der Waals surface area contributed by atoms with Crippen molar-refractivity contribution in [3.63, 3.8) is 0 Å². The lowest BCUT2D eigenvalue weighted by atomic mass is 10.2. The number of carbonyl (C=O) groups is 1. The third-order valence-electron chi connectivity index (χ3n) is 3.51. The van der Waals surface area contributed by atoms with E-state index in [0.29, 0.717) is 22.2 Å². The van der Waals surface area contributed by atoms with Gasteiger partial charge < -0.3 is 10.2 Å². The Morgan fingerprint density at radius 3 is 2.33 bits per heavy atom. The maximum Gasteiger partial charge on any atom is 0.251 e. The van der Waals surface area contributed by atoms with Gasteiger partial charge in [-0.05, 0) is 63.5 Å². The summed E-state index contributed by atoms with van der Waals surface area (Å²) in [5.74, 6) is -0.115. The number of carbonyl (C=O) groups excluding carboxylic acids is 1. The van der Waals surface area contributed by atoms with Gasteiger partial charge in [0.25, 0.3) is 5.91 Å². The van der Waals surface area contributed by atoms with E-state index in [1.807, 2.05) is 0 Å². The Kier molecular flexibility index (Phi) is 8.42. The molecular weight excluding hydrogens is 331 g/mol. The second-order valence-corrected chi connectivity index (χ2v) is 6.04. The number of likely N-dealkylation sites (tertiary alicyclic amines) is 1. The SMILES string of the molecule is Cl.O=C(NCCCCN1CCCC1)c1cc(Cl)cc(Cl)c1. The fraction of sp³-hybridized carbons (Fsp3) is 0.533. The van der Waals surface area contributed by atoms with Crippen LogP contribution in [0.3, 0.4) is 0 Å². The van der Waals surface area contributed by atoms with Crippen LogP contribution in [0.1, 0.15) is 36.0 Å². The van der Waals surface area contributed by atoms with Crippen LogP contribution in [-0.2, 0) is 0 Å². The molecule has 0 radical (unpaired) electrons. The molecule has 21 heavy (non-hydrogen) atoms. The molecule has 1 aliphatic rings. The minimum atomic E-state index is -0.115. The molecule has 0 spiro atoms. The van der Waals surface area contributed by atoms with Gasteiger partial charge in [0, 0.05) is 22.2 Å². The van der Waals surface area contributed by atoms with Crippen molar-refractivity contribution in [1.29, 1.82) is 0 Å². The standard InChI is InChI=1S/C15H20Cl2N2O.ClH/c16-13-9-12(10-14(17)11-13)15(20)18-5-1-2-6-19-7-3-4-8-19;/h9-11H,1-8H2,(H,18,20);1H. The summed E-state index contributed by atoms with van der Waals surface area (Å²) in [7, 11) is 0. The molecule has 0 atom stereocenters. The van der Waals surface area contributed by atoms with Crippen LogP contribution in [0.15, 0.2) is 18.2 Å². The first kappa shape index (κ1) is 18.6. The minimum Gasteiger partial charge on any atom is -0.352 e. The van der Waals surface area contributed by atoms with E-state index in [9.17, 15) is 4.79 Å². The van der Waals surface area contributed by atoms with Gasteiger partial charge in [-0.3, -0.25) is 4.79 Å². The normalized spacial score (nSPS) is 14.8. The number of nitrogens with one attached hydrogen (secondary N) is 1. The fourth-order valence-corrected chi connectivity index (χ4v) is 2.98. The van der Waals surface area contributed by atoms with Crippen molar-refractivity contribution in [2.45, 2.75) is 25.7 Å². The van der Waals surface area contributed by atoms with Crippen LogP contribution in [0, 0.1) is 0 Å². The Bertz CT molecular complexity index is 442. The summed E-state index contributed by atoms with van der Waals surface area (Å²) in [6, 6.07) is 4.88. The van der Waals surface area contributed by atoms with E-state index >= 15 is 0 Å². The smallest absolute Gasteiger partial charge is 0.251 e. The van der Waals surface area contributed by atoms with Crippen molar-refractivity contribution in [3.8, 4) is 0 Å². The van der Waals surface area contributed by atoms with Gasteiger partial charge in [0.15, 0.2) is 0 Å². The largest absolute Gasteiger partial charge is 0.352 e. The highest BCUT2D eigenvalue weighted by atomic mass is 35.5. The molecule has 0 saturated carbocycles. The van der Waals surface area contributed by atoms with Gasteiger partial charge in [0.05, 0.1) is 0 Å². The molecule has 1 fully saturated rings. The molecule has 1 aromatic rings. The fourth-order valence-electron chi connectivity index (χ4n) is 2.46. The van der Waals surface area contributed by atoms with Crippen molar-refractivity contribution in [3.05, 3.63) is 33.8 Å². The van der Waals surface area contributed by atoms with E-state index < -0.39 is 0 Å². The van der Waals surface area contributed by atoms with Crippen molar-refractivity contribution >= 4 is 41.5 Å². The average molecular weight is 352 g/mol. The zero-order valence-electron chi connectivity index (χ0n) is 11.9. The molecule has 1 saturated heterocycles. The molecule has 1 N–H and O–H groups in total. The maximum atomic E-state index is 11.9. The van der Waals surface area contributed by atoms with E-state index in [-0.39, 0.29) is 18.3 Å². The number of rotatable bonds is 6. The quantitative estimate of drug-likeness (QED) is 0.785. The van der Waals surface area contributed by atoms with Crippen LogP contribution in [-0.4, -0.2) is 37.0 Å². The first-order valence-corrected chi connectivity index (χ1v) is 7.87. The summed E-state index contributed by atoms with van der Waals surface area (Å²) >= 11 is 11.8. The second kappa shape index (κ2) is 9.52. The second-order valence-electron chi connectivity index (χ2n) is 5.17. The molecule has 0 unspecified atom stereocenters. The number of hydrogen-bond acceptors (Lipinski definition) is 2. The van der Waals surface area contributed by atoms with Crippen molar-refractivity contribution in [2.75, 3.05) is 26.2 Å². The predicted octanol–water partition coefficient (Wildman–Crippen LogP) is 4.02. The van der Waals surface area contributed by atoms with E-state index in [1.54, 1.807) is 18.2 Å². The molecular formula is C15H21Cl3N2O. The Morgan fingerprint density at radius 1 is 1.10 bits per heavy atom. The average Bonchev–Trinajstić information content (AvgIpc) is 2.90. The predicted molar refractivity (Wildman–Crippen MR) is 91.0 cm³/mol. The molecule has 1 amide bonds. The Morgan fingerprint density at radius 2 is 1.71 bits per heavy atom. The van der Waals surface area contributed by atoms with E-state index in [0.717, 1.165) is 19.4 Å². The maximum absolute atomic E-state index is 11.9. The molecule has 0 bridgehead atoms. The lowest BCUT2D eigenvalue weighted by Crippen LogP contribution is -2.26. The Hall–Kier alpha value is -0.480. The Balaban J connectivity index is 0.00000220. The first-order chi connectivity index (χ1) is 9.65. The number of unbranched alkanes of at least 4 members (excludes halogenated alkanes) is 1. The summed E-state index contributed by atoms with van der Waals surface area (Å²) in [5, 5.41) is 3.87. The van der Waals surface area contributed by atoms with Crippen LogP contribution in [0.4, 0.5) is 0 Å². The summed E-state index contributed by atoms with van der Waals surface area (Å²) in [5.41, 5.74) is 0.516. The van der Waals surface area contributed by atoms with Crippen molar-refractivity contribution in [2.24, 2.45) is 0 Å². The molecule has 1 aliphatic heterocycles. The van der Waals surface area contributed by atoms with Gasteiger partial charge in [-0.1, -0.05) is 23.2 Å². The first-order valence-electron chi connectivity index (χ1n) is 7.12. The van der Waals surface area contributed by atoms with Crippen LogP contribution in [0.5, 0.6) is 0 Å². The lowest BCUT2D eigenvalue weighted by Gasteiger charge is -2.14. The third-order valence-corrected chi connectivity index (χ3v) is 3.95. The molecule has 6 heteroatoms. The topological polar surface area (TPSA) is 32.3 Å². The molecule has 0 aromatic heterocycles. The monoisotopic (exact) mass is 350 g/mol. The highest BCUT2D eigenvalue weighted by Gasteiger charge is 2.10. The number of amides is 1. The lowest BCUT2D eigenvalue weighted by molar-refractivity contribution is 0.0952. The summed E-state index contributed by atoms with van der Waals surface area (Å²) in [4.78, 5) is 14.4. The van der Waals surface area contributed by atoms with Gasteiger partial charge in [-0.2, -0.15) is 0 Å². The third kappa shape index (κ3) is 6.43. The highest BCUT2D eigenvalue weighted by Crippen LogP contribution is 2.18. The molecule has 118 valence electrons. The van der Waals surface area contributed by atoms with Gasteiger partial charge in [0.2, 0.25) is 0 Å². The zero-order chi connectivity index (χ0) is 14.4. The summed E-state index contributed by atoms with van der Waals surface area (Å²) in [6.45, 7) is 4.29. The molecule has 0 aliphatic carbocycles. The van der Waals surface area contributed by atoms with Gasteiger partial charge in [-0.15, -0.1) is 12.4 Å². The van der Waals surface area contributed by atoms with Crippen LogP contribution >= 0.6 is 35.6 Å². The van der Waals surface area contributed by atoms with Crippen LogP contribution < -0.4 is 5.32 Å².